The van der Waals surface area contributed by atoms with Gasteiger partial charge in [-0.15, -0.1) is 0 Å². The van der Waals surface area contributed by atoms with Crippen LogP contribution in [0.25, 0.3) is 0 Å². The SMILES string of the molecule is NC1CCCC(S(=O)(=O)c2ccccc2Cl)C1. The van der Waals surface area contributed by atoms with Crippen molar-refractivity contribution >= 4 is 21.4 Å². The van der Waals surface area contributed by atoms with Gasteiger partial charge in [0.25, 0.3) is 0 Å². The molecule has 0 amide bonds. The third-order valence-electron chi connectivity index (χ3n) is 3.25. The first-order valence-electron chi connectivity index (χ1n) is 5.76. The molecule has 1 saturated carbocycles. The molecule has 1 aliphatic rings. The van der Waals surface area contributed by atoms with Crippen LogP contribution in [-0.2, 0) is 9.84 Å². The zero-order valence-corrected chi connectivity index (χ0v) is 11.0. The highest BCUT2D eigenvalue weighted by atomic mass is 35.5. The van der Waals surface area contributed by atoms with Crippen molar-refractivity contribution in [2.75, 3.05) is 0 Å². The Morgan fingerprint density at radius 3 is 2.59 bits per heavy atom. The summed E-state index contributed by atoms with van der Waals surface area (Å²) in [5.41, 5.74) is 5.84. The van der Waals surface area contributed by atoms with E-state index in [2.05, 4.69) is 0 Å². The number of halogens is 1. The van der Waals surface area contributed by atoms with E-state index in [0.717, 1.165) is 12.8 Å². The predicted octanol–water partition coefficient (Wildman–Crippen LogP) is 2.38. The van der Waals surface area contributed by atoms with Crippen LogP contribution in [0.5, 0.6) is 0 Å². The minimum atomic E-state index is -3.34. The van der Waals surface area contributed by atoms with Crippen LogP contribution in [-0.4, -0.2) is 19.7 Å². The molecule has 1 aliphatic carbocycles. The average molecular weight is 274 g/mol. The molecular weight excluding hydrogens is 258 g/mol. The molecule has 17 heavy (non-hydrogen) atoms. The fraction of sp³-hybridized carbons (Fsp3) is 0.500. The summed E-state index contributed by atoms with van der Waals surface area (Å²) in [6, 6.07) is 6.59. The zero-order chi connectivity index (χ0) is 12.5. The van der Waals surface area contributed by atoms with Gasteiger partial charge in [-0.25, -0.2) is 8.42 Å². The van der Waals surface area contributed by atoms with Gasteiger partial charge in [0, 0.05) is 6.04 Å². The topological polar surface area (TPSA) is 60.2 Å². The van der Waals surface area contributed by atoms with Crippen molar-refractivity contribution in [1.82, 2.24) is 0 Å². The number of rotatable bonds is 2. The Bertz CT molecular complexity index is 501. The van der Waals surface area contributed by atoms with Crippen molar-refractivity contribution in [2.45, 2.75) is 41.9 Å². The standard InChI is InChI=1S/C12H16ClNO2S/c13-11-6-1-2-7-12(11)17(15,16)10-5-3-4-9(14)8-10/h1-2,6-7,9-10H,3-5,8,14H2. The van der Waals surface area contributed by atoms with Gasteiger partial charge < -0.3 is 5.73 Å². The molecule has 5 heteroatoms. The average Bonchev–Trinajstić information content (AvgIpc) is 2.29. The summed E-state index contributed by atoms with van der Waals surface area (Å²) in [7, 11) is -3.34. The van der Waals surface area contributed by atoms with Crippen LogP contribution in [0.4, 0.5) is 0 Å². The summed E-state index contributed by atoms with van der Waals surface area (Å²) >= 11 is 5.95. The quantitative estimate of drug-likeness (QED) is 0.900. The van der Waals surface area contributed by atoms with Gasteiger partial charge in [-0.3, -0.25) is 0 Å². The molecule has 2 rings (SSSR count). The van der Waals surface area contributed by atoms with E-state index in [1.807, 2.05) is 0 Å². The smallest absolute Gasteiger partial charge is 0.182 e. The van der Waals surface area contributed by atoms with Crippen molar-refractivity contribution in [3.05, 3.63) is 29.3 Å². The highest BCUT2D eigenvalue weighted by Crippen LogP contribution is 2.31. The second-order valence-electron chi connectivity index (χ2n) is 4.52. The molecule has 1 fully saturated rings. The van der Waals surface area contributed by atoms with E-state index in [4.69, 9.17) is 17.3 Å². The molecule has 94 valence electrons. The van der Waals surface area contributed by atoms with Crippen molar-refractivity contribution < 1.29 is 8.42 Å². The molecule has 2 atom stereocenters. The van der Waals surface area contributed by atoms with Gasteiger partial charge in [-0.05, 0) is 31.4 Å². The molecule has 0 spiro atoms. The highest BCUT2D eigenvalue weighted by molar-refractivity contribution is 7.92. The Balaban J connectivity index is 2.33. The number of sulfone groups is 1. The van der Waals surface area contributed by atoms with Gasteiger partial charge in [-0.1, -0.05) is 30.2 Å². The number of nitrogens with two attached hydrogens (primary N) is 1. The Morgan fingerprint density at radius 1 is 1.24 bits per heavy atom. The maximum absolute atomic E-state index is 12.4. The Kier molecular flexibility index (Phi) is 3.76. The van der Waals surface area contributed by atoms with Crippen molar-refractivity contribution in [2.24, 2.45) is 5.73 Å². The first kappa shape index (κ1) is 12.9. The van der Waals surface area contributed by atoms with Gasteiger partial charge in [0.05, 0.1) is 15.2 Å². The fourth-order valence-corrected chi connectivity index (χ4v) is 4.72. The summed E-state index contributed by atoms with van der Waals surface area (Å²) in [6.45, 7) is 0. The van der Waals surface area contributed by atoms with Gasteiger partial charge in [0.1, 0.15) is 0 Å². The molecule has 2 unspecified atom stereocenters. The zero-order valence-electron chi connectivity index (χ0n) is 9.47. The van der Waals surface area contributed by atoms with E-state index in [0.29, 0.717) is 17.9 Å². The van der Waals surface area contributed by atoms with Gasteiger partial charge in [0.2, 0.25) is 0 Å². The minimum Gasteiger partial charge on any atom is -0.328 e. The Hall–Kier alpha value is -0.580. The molecule has 1 aromatic rings. The van der Waals surface area contributed by atoms with E-state index in [1.54, 1.807) is 24.3 Å². The molecule has 1 aromatic carbocycles. The number of hydrogen-bond donors (Lipinski definition) is 1. The summed E-state index contributed by atoms with van der Waals surface area (Å²) < 4.78 is 24.8. The van der Waals surface area contributed by atoms with Crippen LogP contribution in [0.15, 0.2) is 29.2 Å². The van der Waals surface area contributed by atoms with Crippen molar-refractivity contribution in [3.8, 4) is 0 Å². The van der Waals surface area contributed by atoms with E-state index in [9.17, 15) is 8.42 Å². The molecule has 0 aliphatic heterocycles. The van der Waals surface area contributed by atoms with E-state index in [1.165, 1.54) is 0 Å². The molecule has 2 N–H and O–H groups in total. The summed E-state index contributed by atoms with van der Waals surface area (Å²) in [4.78, 5) is 0.237. The molecule has 0 bridgehead atoms. The maximum Gasteiger partial charge on any atom is 0.182 e. The van der Waals surface area contributed by atoms with E-state index >= 15 is 0 Å². The van der Waals surface area contributed by atoms with Crippen LogP contribution < -0.4 is 5.73 Å². The first-order valence-corrected chi connectivity index (χ1v) is 7.68. The van der Waals surface area contributed by atoms with Crippen molar-refractivity contribution in [1.29, 1.82) is 0 Å². The van der Waals surface area contributed by atoms with Crippen LogP contribution in [0.2, 0.25) is 5.02 Å². The summed E-state index contributed by atoms with van der Waals surface area (Å²) in [5.74, 6) is 0. The lowest BCUT2D eigenvalue weighted by atomic mass is 9.96. The van der Waals surface area contributed by atoms with Crippen LogP contribution >= 0.6 is 11.6 Å². The third kappa shape index (κ3) is 2.64. The third-order valence-corrected chi connectivity index (χ3v) is 5.97. The second kappa shape index (κ2) is 4.96. The van der Waals surface area contributed by atoms with Gasteiger partial charge in [-0.2, -0.15) is 0 Å². The van der Waals surface area contributed by atoms with Gasteiger partial charge in [0.15, 0.2) is 9.84 Å². The van der Waals surface area contributed by atoms with Crippen molar-refractivity contribution in [3.63, 3.8) is 0 Å². The summed E-state index contributed by atoms with van der Waals surface area (Å²) in [5, 5.41) is -0.0854. The molecule has 0 heterocycles. The Labute approximate surface area is 107 Å². The largest absolute Gasteiger partial charge is 0.328 e. The molecule has 0 aromatic heterocycles. The fourth-order valence-electron chi connectivity index (χ4n) is 2.32. The molecule has 0 radical (unpaired) electrons. The molecule has 0 saturated heterocycles. The monoisotopic (exact) mass is 273 g/mol. The summed E-state index contributed by atoms with van der Waals surface area (Å²) in [6.07, 6.45) is 3.00. The molecule has 3 nitrogen and oxygen atoms in total. The Morgan fingerprint density at radius 2 is 1.94 bits per heavy atom. The number of hydrogen-bond acceptors (Lipinski definition) is 3. The van der Waals surface area contributed by atoms with Crippen LogP contribution in [0, 0.1) is 0 Å². The number of benzene rings is 1. The second-order valence-corrected chi connectivity index (χ2v) is 7.13. The lowest BCUT2D eigenvalue weighted by Gasteiger charge is -2.26. The van der Waals surface area contributed by atoms with Crippen LogP contribution in [0.1, 0.15) is 25.7 Å². The maximum atomic E-state index is 12.4. The van der Waals surface area contributed by atoms with E-state index in [-0.39, 0.29) is 16.2 Å². The lowest BCUT2D eigenvalue weighted by Crippen LogP contribution is -2.35. The lowest BCUT2D eigenvalue weighted by molar-refractivity contribution is 0.433. The van der Waals surface area contributed by atoms with E-state index < -0.39 is 9.84 Å². The normalized spacial score (nSPS) is 25.8. The predicted molar refractivity (Wildman–Crippen MR) is 68.9 cm³/mol. The first-order chi connectivity index (χ1) is 8.01. The van der Waals surface area contributed by atoms with Gasteiger partial charge >= 0.3 is 0 Å². The minimum absolute atomic E-state index is 0.00832. The highest BCUT2D eigenvalue weighted by Gasteiger charge is 2.32. The molecular formula is C12H16ClNO2S. The van der Waals surface area contributed by atoms with Crippen LogP contribution in [0.3, 0.4) is 0 Å².